The lowest BCUT2D eigenvalue weighted by Crippen LogP contribution is -2.22. The largest absolute Gasteiger partial charge is 0.494 e. The third-order valence-electron chi connectivity index (χ3n) is 2.97. The van der Waals surface area contributed by atoms with Gasteiger partial charge in [0, 0.05) is 5.69 Å². The fraction of sp³-hybridized carbons (Fsp3) is 0.188. The molecule has 110 valence electrons. The van der Waals surface area contributed by atoms with Gasteiger partial charge in [0.2, 0.25) is 0 Å². The minimum atomic E-state index is -0.407. The molecule has 2 rings (SSSR count). The molecule has 0 aliphatic carbocycles. The fourth-order valence-corrected chi connectivity index (χ4v) is 1.81. The third kappa shape index (κ3) is 4.21. The number of aryl methyl sites for hydroxylation is 1. The summed E-state index contributed by atoms with van der Waals surface area (Å²) in [6, 6.07) is 12.5. The maximum Gasteiger partial charge on any atom is 0.193 e. The van der Waals surface area contributed by atoms with Gasteiger partial charge in [0.15, 0.2) is 17.5 Å². The summed E-state index contributed by atoms with van der Waals surface area (Å²) in [5.41, 5.74) is 8.56. The van der Waals surface area contributed by atoms with Crippen LogP contribution in [0.5, 0.6) is 5.75 Å². The Morgan fingerprint density at radius 2 is 1.95 bits per heavy atom. The van der Waals surface area contributed by atoms with Gasteiger partial charge in [-0.05, 0) is 36.8 Å². The summed E-state index contributed by atoms with van der Waals surface area (Å²) in [6.45, 7) is 2.31. The number of nitrogens with zero attached hydrogens (tertiary/aromatic N) is 1. The van der Waals surface area contributed by atoms with Gasteiger partial charge in [-0.3, -0.25) is 0 Å². The maximum atomic E-state index is 13.5. The van der Waals surface area contributed by atoms with Crippen LogP contribution in [0, 0.1) is 12.7 Å². The number of ether oxygens (including phenoxy) is 1. The lowest BCUT2D eigenvalue weighted by atomic mass is 10.2. The standard InChI is InChI=1S/C16H18FN3O/c1-11-3-6-13(7-4-11)20-16(18)19-10-12-5-8-15(21-2)14(17)9-12/h3-9H,10H2,1-2H3,(H3,18,19,20). The van der Waals surface area contributed by atoms with Crippen LogP contribution in [0.2, 0.25) is 0 Å². The molecule has 0 saturated heterocycles. The predicted octanol–water partition coefficient (Wildman–Crippen LogP) is 3.07. The first kappa shape index (κ1) is 14.8. The topological polar surface area (TPSA) is 59.6 Å². The second kappa shape index (κ2) is 6.74. The second-order valence-electron chi connectivity index (χ2n) is 4.66. The molecule has 2 aromatic rings. The van der Waals surface area contributed by atoms with Crippen molar-refractivity contribution in [2.75, 3.05) is 12.4 Å². The predicted molar refractivity (Wildman–Crippen MR) is 83.1 cm³/mol. The van der Waals surface area contributed by atoms with E-state index >= 15 is 0 Å². The molecule has 0 amide bonds. The summed E-state index contributed by atoms with van der Waals surface area (Å²) in [6.07, 6.45) is 0. The highest BCUT2D eigenvalue weighted by atomic mass is 19.1. The van der Waals surface area contributed by atoms with E-state index in [0.29, 0.717) is 6.54 Å². The van der Waals surface area contributed by atoms with Gasteiger partial charge >= 0.3 is 0 Å². The quantitative estimate of drug-likeness (QED) is 0.671. The van der Waals surface area contributed by atoms with Crippen LogP contribution < -0.4 is 15.8 Å². The average Bonchev–Trinajstić information content (AvgIpc) is 2.48. The van der Waals surface area contributed by atoms with Crippen LogP contribution in [0.3, 0.4) is 0 Å². The molecule has 4 nitrogen and oxygen atoms in total. The van der Waals surface area contributed by atoms with Crippen LogP contribution >= 0.6 is 0 Å². The van der Waals surface area contributed by atoms with Gasteiger partial charge < -0.3 is 15.8 Å². The van der Waals surface area contributed by atoms with E-state index < -0.39 is 5.82 Å². The van der Waals surface area contributed by atoms with Crippen LogP contribution in [0.25, 0.3) is 0 Å². The molecule has 0 heterocycles. The van der Waals surface area contributed by atoms with Gasteiger partial charge in [0.25, 0.3) is 0 Å². The van der Waals surface area contributed by atoms with Crippen LogP contribution in [0.15, 0.2) is 47.5 Å². The Labute approximate surface area is 123 Å². The van der Waals surface area contributed by atoms with E-state index in [0.717, 1.165) is 11.3 Å². The lowest BCUT2D eigenvalue weighted by Gasteiger charge is -2.07. The smallest absolute Gasteiger partial charge is 0.193 e. The van der Waals surface area contributed by atoms with Crippen molar-refractivity contribution in [1.82, 2.24) is 0 Å². The summed E-state index contributed by atoms with van der Waals surface area (Å²) in [5.74, 6) is 0.0961. The average molecular weight is 287 g/mol. The van der Waals surface area contributed by atoms with Crippen molar-refractivity contribution in [3.05, 3.63) is 59.4 Å². The van der Waals surface area contributed by atoms with Crippen molar-refractivity contribution in [3.8, 4) is 5.75 Å². The normalized spacial score (nSPS) is 11.3. The van der Waals surface area contributed by atoms with E-state index in [4.69, 9.17) is 10.5 Å². The molecule has 5 heteroatoms. The molecule has 2 aromatic carbocycles. The summed E-state index contributed by atoms with van der Waals surface area (Å²) < 4.78 is 18.4. The molecule has 3 N–H and O–H groups in total. The Morgan fingerprint density at radius 3 is 2.57 bits per heavy atom. The van der Waals surface area contributed by atoms with E-state index in [-0.39, 0.29) is 11.7 Å². The van der Waals surface area contributed by atoms with Gasteiger partial charge in [-0.25, -0.2) is 9.38 Å². The number of benzene rings is 2. The highest BCUT2D eigenvalue weighted by Gasteiger charge is 2.03. The van der Waals surface area contributed by atoms with E-state index in [2.05, 4.69) is 10.3 Å². The zero-order chi connectivity index (χ0) is 15.2. The Hall–Kier alpha value is -2.56. The highest BCUT2D eigenvalue weighted by Crippen LogP contribution is 2.18. The molecular formula is C16H18FN3O. The summed E-state index contributed by atoms with van der Waals surface area (Å²) in [4.78, 5) is 4.18. The number of halogens is 1. The highest BCUT2D eigenvalue weighted by molar-refractivity contribution is 5.92. The molecule has 0 bridgehead atoms. The molecule has 0 aromatic heterocycles. The van der Waals surface area contributed by atoms with Crippen molar-refractivity contribution in [3.63, 3.8) is 0 Å². The molecule has 21 heavy (non-hydrogen) atoms. The number of nitrogens with two attached hydrogens (primary N) is 1. The van der Waals surface area contributed by atoms with Crippen LogP contribution in [0.4, 0.5) is 10.1 Å². The van der Waals surface area contributed by atoms with E-state index in [1.807, 2.05) is 31.2 Å². The first-order valence-corrected chi connectivity index (χ1v) is 6.54. The van der Waals surface area contributed by atoms with Crippen LogP contribution in [-0.4, -0.2) is 13.1 Å². The molecular weight excluding hydrogens is 269 g/mol. The van der Waals surface area contributed by atoms with Gasteiger partial charge in [-0.15, -0.1) is 0 Å². The van der Waals surface area contributed by atoms with Crippen LogP contribution in [0.1, 0.15) is 11.1 Å². The molecule has 0 radical (unpaired) electrons. The number of hydrogen-bond acceptors (Lipinski definition) is 2. The van der Waals surface area contributed by atoms with E-state index in [1.165, 1.54) is 18.7 Å². The Bertz CT molecular complexity index is 638. The molecule has 0 unspecified atom stereocenters. The van der Waals surface area contributed by atoms with Crippen molar-refractivity contribution >= 4 is 11.6 Å². The molecule has 0 aliphatic rings. The maximum absolute atomic E-state index is 13.5. The van der Waals surface area contributed by atoms with E-state index in [1.54, 1.807) is 12.1 Å². The summed E-state index contributed by atoms with van der Waals surface area (Å²) in [5, 5.41) is 2.99. The number of guanidine groups is 1. The monoisotopic (exact) mass is 287 g/mol. The minimum absolute atomic E-state index is 0.216. The number of nitrogens with one attached hydrogen (secondary N) is 1. The second-order valence-corrected chi connectivity index (χ2v) is 4.66. The summed E-state index contributed by atoms with van der Waals surface area (Å²) >= 11 is 0. The van der Waals surface area contributed by atoms with Crippen molar-refractivity contribution < 1.29 is 9.13 Å². The van der Waals surface area contributed by atoms with Crippen LogP contribution in [-0.2, 0) is 6.54 Å². The molecule has 0 aliphatic heterocycles. The zero-order valence-electron chi connectivity index (χ0n) is 12.1. The Kier molecular flexibility index (Phi) is 4.77. The van der Waals surface area contributed by atoms with Crippen molar-refractivity contribution in [2.24, 2.45) is 10.7 Å². The van der Waals surface area contributed by atoms with Crippen molar-refractivity contribution in [2.45, 2.75) is 13.5 Å². The number of anilines is 1. The number of rotatable bonds is 4. The van der Waals surface area contributed by atoms with Gasteiger partial charge in [-0.1, -0.05) is 23.8 Å². The first-order valence-electron chi connectivity index (χ1n) is 6.54. The Morgan fingerprint density at radius 1 is 1.24 bits per heavy atom. The number of aliphatic imine (C=N–C) groups is 1. The fourth-order valence-electron chi connectivity index (χ4n) is 1.81. The SMILES string of the molecule is COc1ccc(CN=C(N)Nc2ccc(C)cc2)cc1F. The molecule has 0 saturated carbocycles. The Balaban J connectivity index is 1.99. The van der Waals surface area contributed by atoms with E-state index in [9.17, 15) is 4.39 Å². The zero-order valence-corrected chi connectivity index (χ0v) is 12.1. The minimum Gasteiger partial charge on any atom is -0.494 e. The third-order valence-corrected chi connectivity index (χ3v) is 2.97. The number of hydrogen-bond donors (Lipinski definition) is 2. The summed E-state index contributed by atoms with van der Waals surface area (Å²) in [7, 11) is 1.43. The molecule has 0 atom stereocenters. The first-order chi connectivity index (χ1) is 10.1. The number of methoxy groups -OCH3 is 1. The van der Waals surface area contributed by atoms with Gasteiger partial charge in [-0.2, -0.15) is 0 Å². The molecule has 0 spiro atoms. The van der Waals surface area contributed by atoms with Crippen molar-refractivity contribution in [1.29, 1.82) is 0 Å². The molecule has 0 fully saturated rings. The van der Waals surface area contributed by atoms with Gasteiger partial charge in [0.05, 0.1) is 13.7 Å². The lowest BCUT2D eigenvalue weighted by molar-refractivity contribution is 0.386. The van der Waals surface area contributed by atoms with Gasteiger partial charge in [0.1, 0.15) is 0 Å².